The van der Waals surface area contributed by atoms with Crippen molar-refractivity contribution < 1.29 is 0 Å². The van der Waals surface area contributed by atoms with Gasteiger partial charge in [-0.25, -0.2) is 19.9 Å². The number of allylic oxidation sites excluding steroid dienone is 8. The first-order valence-electron chi connectivity index (χ1n) is 31.4. The van der Waals surface area contributed by atoms with E-state index in [2.05, 4.69) is 204 Å². The van der Waals surface area contributed by atoms with Crippen LogP contribution in [-0.4, -0.2) is 39.9 Å². The number of nitrogens with one attached hydrogen (secondary N) is 4. The first-order valence-corrected chi connectivity index (χ1v) is 32.2. The summed E-state index contributed by atoms with van der Waals surface area (Å²) in [4.78, 5) is 38.6. The minimum absolute atomic E-state index is 0.855. The molecular formula is C76H80N8S. The van der Waals surface area contributed by atoms with Crippen molar-refractivity contribution in [3.05, 3.63) is 163 Å². The average Bonchev–Trinajstić information content (AvgIpc) is 2.67. The van der Waals surface area contributed by atoms with Gasteiger partial charge in [0.15, 0.2) is 0 Å². The van der Waals surface area contributed by atoms with E-state index in [9.17, 15) is 0 Å². The van der Waals surface area contributed by atoms with Gasteiger partial charge in [0.1, 0.15) is 0 Å². The van der Waals surface area contributed by atoms with Crippen LogP contribution in [0.5, 0.6) is 0 Å². The lowest BCUT2D eigenvalue weighted by molar-refractivity contribution is 1.14. The summed E-state index contributed by atoms with van der Waals surface area (Å²) < 4.78 is 2.46. The van der Waals surface area contributed by atoms with Crippen LogP contribution in [0.15, 0.2) is 72.8 Å². The zero-order valence-corrected chi connectivity index (χ0v) is 53.6. The molecule has 8 nitrogen and oxygen atoms in total. The molecule has 0 radical (unpaired) electrons. The molecule has 0 unspecified atom stereocenters. The zero-order chi connectivity index (χ0) is 59.6. The van der Waals surface area contributed by atoms with Crippen LogP contribution in [0.2, 0.25) is 0 Å². The van der Waals surface area contributed by atoms with Gasteiger partial charge in [-0.05, 0) is 232 Å². The Labute approximate surface area is 504 Å². The molecule has 0 saturated carbocycles. The van der Waals surface area contributed by atoms with Crippen LogP contribution < -0.4 is 0 Å². The lowest BCUT2D eigenvalue weighted by Gasteiger charge is -2.10. The number of aryl methyl sites for hydroxylation is 8. The highest BCUT2D eigenvalue weighted by Gasteiger charge is 2.29. The van der Waals surface area contributed by atoms with Gasteiger partial charge in [0.25, 0.3) is 0 Å². The predicted molar refractivity (Wildman–Crippen MR) is 367 cm³/mol. The van der Waals surface area contributed by atoms with Gasteiger partial charge in [-0.2, -0.15) is 0 Å². The number of benzene rings is 2. The summed E-state index contributed by atoms with van der Waals surface area (Å²) in [5, 5.41) is 2.45. The van der Waals surface area contributed by atoms with Crippen molar-refractivity contribution >= 4 is 120 Å². The molecule has 4 aliphatic heterocycles. The highest BCUT2D eigenvalue weighted by atomic mass is 32.1. The number of fused-ring (bicyclic) bond motifs is 19. The van der Waals surface area contributed by atoms with Gasteiger partial charge in [0.2, 0.25) is 0 Å². The smallest absolute Gasteiger partial charge is 0.0769 e. The van der Waals surface area contributed by atoms with Gasteiger partial charge in [-0.3, -0.25) is 0 Å². The Morgan fingerprint density at radius 1 is 0.329 bits per heavy atom. The third kappa shape index (κ3) is 8.56. The molecule has 430 valence electrons. The molecule has 0 saturated heterocycles. The van der Waals surface area contributed by atoms with E-state index in [0.717, 1.165) is 152 Å². The lowest BCUT2D eigenvalue weighted by atomic mass is 9.93. The number of aromatic amines is 4. The van der Waals surface area contributed by atoms with E-state index in [1.54, 1.807) is 0 Å². The number of thiophene rings is 1. The van der Waals surface area contributed by atoms with Gasteiger partial charge >= 0.3 is 0 Å². The number of rotatable bonds is 10. The quantitative estimate of drug-likeness (QED) is 0.109. The predicted octanol–water partition coefficient (Wildman–Crippen LogP) is 21.5. The maximum absolute atomic E-state index is 5.82. The van der Waals surface area contributed by atoms with E-state index >= 15 is 0 Å². The maximum atomic E-state index is 5.82. The minimum atomic E-state index is 0.855. The largest absolute Gasteiger partial charge is 0.355 e. The second-order valence-corrected chi connectivity index (χ2v) is 24.9. The topological polar surface area (TPSA) is 115 Å². The number of nitrogens with zero attached hydrogens (tertiary/aromatic N) is 4. The van der Waals surface area contributed by atoms with Gasteiger partial charge in [-0.15, -0.1) is 11.3 Å². The molecule has 13 rings (SSSR count). The molecule has 0 amide bonds. The van der Waals surface area contributed by atoms with Crippen LogP contribution in [0.4, 0.5) is 0 Å². The standard InChI is InChI=1S/C76H80N8S/c1-17-45-37(9)57-31-65-49(21-5)41(13)71(81-65)69(72-42(14)50(22-6)66(82-72)32-58-38(10)46(18-2)62(78-58)35-61(45)77-57)55-29-25-27-53-54-28-26-30-56(76(54)85-75(53)55)70-73-43(15)51(23-7)67(83-73)33-59-39(11)47(19-3)63(79-59)36-64-48(20-4)40(12)60(80-64)34-68-52(24-8)44(16)74(70)84-68/h25-36,77,79,82,84H,17-24H2,1-16H3. The molecular weight excluding hydrogens is 1060 g/mol. The molecule has 16 bridgehead atoms. The molecule has 0 fully saturated rings. The molecule has 0 spiro atoms. The van der Waals surface area contributed by atoms with Crippen LogP contribution in [0.25, 0.3) is 131 Å². The number of aromatic nitrogens is 8. The van der Waals surface area contributed by atoms with E-state index in [4.69, 9.17) is 19.9 Å². The molecule has 7 aromatic heterocycles. The Kier molecular flexibility index (Phi) is 14.1. The van der Waals surface area contributed by atoms with Crippen LogP contribution in [0.3, 0.4) is 0 Å². The van der Waals surface area contributed by atoms with Gasteiger partial charge < -0.3 is 19.9 Å². The third-order valence-electron chi connectivity index (χ3n) is 19.8. The highest BCUT2D eigenvalue weighted by Crippen LogP contribution is 2.51. The van der Waals surface area contributed by atoms with E-state index in [0.29, 0.717) is 0 Å². The molecule has 4 N–H and O–H groups in total. The molecule has 0 aliphatic carbocycles. The molecule has 9 aromatic rings. The number of hydrogen-bond donors (Lipinski definition) is 4. The second kappa shape index (κ2) is 21.4. The van der Waals surface area contributed by atoms with Crippen molar-refractivity contribution in [3.63, 3.8) is 0 Å². The van der Waals surface area contributed by atoms with Gasteiger partial charge in [0.05, 0.1) is 56.6 Å². The van der Waals surface area contributed by atoms with E-state index in [-0.39, 0.29) is 0 Å². The molecule has 9 heteroatoms. The first kappa shape index (κ1) is 56.0. The lowest BCUT2D eigenvalue weighted by Crippen LogP contribution is -1.90. The summed E-state index contributed by atoms with van der Waals surface area (Å²) in [6, 6.07) is 27.7. The Balaban J connectivity index is 1.17. The van der Waals surface area contributed by atoms with Crippen LogP contribution in [0, 0.1) is 27.7 Å². The van der Waals surface area contributed by atoms with E-state index < -0.39 is 0 Å². The SMILES string of the molecule is CCC1=C(C)c2cc3[nH]c(c(C)c3CC)c(-c3cccc4c3sc3c(-c5c6nc(cc7[nH]c(cc8nc(cc9[nH]c5c(C)c9CC)C(C)=C8CC)c(CC)c7C)C(CC)=C6C)cccc34)c3nc(cc4[nH]c(cc1n2)c(CC)c4C)C(CC)=C3C. The van der Waals surface area contributed by atoms with Crippen molar-refractivity contribution in [2.45, 2.75) is 162 Å². The average molecular weight is 1140 g/mol. The summed E-state index contributed by atoms with van der Waals surface area (Å²) in [5.41, 5.74) is 41.9. The van der Waals surface area contributed by atoms with E-state index in [1.165, 1.54) is 120 Å². The summed E-state index contributed by atoms with van der Waals surface area (Å²) in [6.45, 7) is 36.4. The first-order chi connectivity index (χ1) is 41.1. The van der Waals surface area contributed by atoms with Crippen molar-refractivity contribution in [3.8, 4) is 22.3 Å². The Morgan fingerprint density at radius 3 is 1.01 bits per heavy atom. The normalized spacial score (nSPS) is 13.8. The Morgan fingerprint density at radius 2 is 0.647 bits per heavy atom. The van der Waals surface area contributed by atoms with E-state index in [1.807, 2.05) is 11.3 Å². The summed E-state index contributed by atoms with van der Waals surface area (Å²) in [6.07, 6.45) is 7.07. The van der Waals surface area contributed by atoms with Crippen LogP contribution in [0.1, 0.15) is 199 Å². The minimum Gasteiger partial charge on any atom is -0.355 e. The summed E-state index contributed by atoms with van der Waals surface area (Å²) in [5.74, 6) is 0. The van der Waals surface area contributed by atoms with Gasteiger partial charge in [-0.1, -0.05) is 91.8 Å². The molecule has 2 aromatic carbocycles. The molecule has 4 aliphatic rings. The zero-order valence-electron chi connectivity index (χ0n) is 52.8. The van der Waals surface area contributed by atoms with Crippen LogP contribution >= 0.6 is 11.3 Å². The van der Waals surface area contributed by atoms with Crippen molar-refractivity contribution in [1.82, 2.24) is 39.9 Å². The van der Waals surface area contributed by atoms with Crippen molar-refractivity contribution in [2.75, 3.05) is 0 Å². The fourth-order valence-corrected chi connectivity index (χ4v) is 16.4. The highest BCUT2D eigenvalue weighted by molar-refractivity contribution is 7.27. The summed E-state index contributed by atoms with van der Waals surface area (Å²) in [7, 11) is 0. The molecule has 85 heavy (non-hydrogen) atoms. The summed E-state index contributed by atoms with van der Waals surface area (Å²) >= 11 is 1.90. The maximum Gasteiger partial charge on any atom is 0.0769 e. The Bertz CT molecular complexity index is 4580. The number of hydrogen-bond acceptors (Lipinski definition) is 5. The van der Waals surface area contributed by atoms with Crippen molar-refractivity contribution in [2.24, 2.45) is 0 Å². The Hall–Kier alpha value is -8.14. The van der Waals surface area contributed by atoms with Gasteiger partial charge in [0, 0.05) is 75.5 Å². The second-order valence-electron chi connectivity index (χ2n) is 23.9. The third-order valence-corrected chi connectivity index (χ3v) is 21.0. The monoisotopic (exact) mass is 1140 g/mol. The fourth-order valence-electron chi connectivity index (χ4n) is 15.1. The fraction of sp³-hybridized carbons (Fsp3) is 0.316. The molecule has 0 atom stereocenters. The number of H-pyrrole nitrogens is 4. The van der Waals surface area contributed by atoms with Crippen molar-refractivity contribution in [1.29, 1.82) is 0 Å². The molecule has 11 heterocycles. The van der Waals surface area contributed by atoms with Crippen LogP contribution in [-0.2, 0) is 25.7 Å².